The molecule has 3 rings (SSSR count). The number of hydrogen-bond acceptors (Lipinski definition) is 3. The van der Waals surface area contributed by atoms with Crippen molar-refractivity contribution in [2.24, 2.45) is 0 Å². The second-order valence-electron chi connectivity index (χ2n) is 6.68. The molecule has 2 aromatic carbocycles. The van der Waals surface area contributed by atoms with Crippen LogP contribution in [0.1, 0.15) is 26.3 Å². The number of carbonyl (C=O) groups is 1. The van der Waals surface area contributed by atoms with Gasteiger partial charge in [-0.2, -0.15) is 0 Å². The molecule has 4 nitrogen and oxygen atoms in total. The van der Waals surface area contributed by atoms with Crippen molar-refractivity contribution >= 4 is 22.4 Å². The lowest BCUT2D eigenvalue weighted by molar-refractivity contribution is -0.122. The smallest absolute Gasteiger partial charge is 0.249 e. The zero-order valence-electron chi connectivity index (χ0n) is 14.8. The Kier molecular flexibility index (Phi) is 4.81. The van der Waals surface area contributed by atoms with E-state index in [0.29, 0.717) is 0 Å². The van der Waals surface area contributed by atoms with Gasteiger partial charge in [-0.25, -0.2) is 0 Å². The molecule has 0 spiro atoms. The maximum atomic E-state index is 13.1. The van der Waals surface area contributed by atoms with Crippen LogP contribution >= 0.6 is 0 Å². The summed E-state index contributed by atoms with van der Waals surface area (Å²) in [5.74, 6) is -0.0826. The Bertz CT molecular complexity index is 876. The number of hydrogen-bond donors (Lipinski definition) is 2. The van der Waals surface area contributed by atoms with Gasteiger partial charge in [-0.3, -0.25) is 15.1 Å². The summed E-state index contributed by atoms with van der Waals surface area (Å²) in [6, 6.07) is 17.7. The molecular weight excluding hydrogens is 310 g/mol. The van der Waals surface area contributed by atoms with E-state index in [4.69, 9.17) is 0 Å². The topological polar surface area (TPSA) is 54.0 Å². The van der Waals surface area contributed by atoms with Gasteiger partial charge >= 0.3 is 0 Å². The van der Waals surface area contributed by atoms with E-state index in [1.807, 2.05) is 81.6 Å². The number of fused-ring (bicyclic) bond motifs is 1. The van der Waals surface area contributed by atoms with Gasteiger partial charge in [0.15, 0.2) is 0 Å². The molecule has 0 saturated carbocycles. The lowest BCUT2D eigenvalue weighted by Crippen LogP contribution is -2.52. The molecule has 1 heterocycles. The van der Waals surface area contributed by atoms with Gasteiger partial charge in [-0.1, -0.05) is 36.4 Å². The van der Waals surface area contributed by atoms with Crippen LogP contribution in [0.15, 0.2) is 67.0 Å². The Labute approximate surface area is 148 Å². The lowest BCUT2D eigenvalue weighted by atomic mass is 9.90. The minimum atomic E-state index is -0.817. The quantitative estimate of drug-likeness (QED) is 0.739. The summed E-state index contributed by atoms with van der Waals surface area (Å²) in [6.45, 7) is 6.00. The molecule has 0 bridgehead atoms. The first-order valence-electron chi connectivity index (χ1n) is 8.47. The number of rotatable bonds is 5. The molecule has 0 radical (unpaired) electrons. The number of pyridine rings is 1. The van der Waals surface area contributed by atoms with E-state index in [-0.39, 0.29) is 11.9 Å². The standard InChI is InChI=1S/C21H23N3O/c1-15(2)24-21(3,18-7-5-4-6-8-18)20(25)23-19-10-9-17-14-22-12-11-16(17)13-19/h4-15,24H,1-3H3,(H,23,25). The van der Waals surface area contributed by atoms with Crippen molar-refractivity contribution in [2.45, 2.75) is 32.4 Å². The fourth-order valence-corrected chi connectivity index (χ4v) is 3.05. The third-order valence-corrected chi connectivity index (χ3v) is 4.28. The van der Waals surface area contributed by atoms with Crippen molar-refractivity contribution in [1.29, 1.82) is 0 Å². The Morgan fingerprint density at radius 3 is 2.52 bits per heavy atom. The van der Waals surface area contributed by atoms with Gasteiger partial charge in [0.2, 0.25) is 5.91 Å². The van der Waals surface area contributed by atoms with E-state index < -0.39 is 5.54 Å². The summed E-state index contributed by atoms with van der Waals surface area (Å²) in [7, 11) is 0. The van der Waals surface area contributed by atoms with Crippen LogP contribution in [0.5, 0.6) is 0 Å². The van der Waals surface area contributed by atoms with Crippen LogP contribution in [0, 0.1) is 0 Å². The maximum Gasteiger partial charge on any atom is 0.249 e. The molecule has 0 aliphatic rings. The summed E-state index contributed by atoms with van der Waals surface area (Å²) in [5, 5.41) is 8.56. The number of nitrogens with one attached hydrogen (secondary N) is 2. The number of aromatic nitrogens is 1. The van der Waals surface area contributed by atoms with Crippen LogP contribution in [0.25, 0.3) is 10.8 Å². The molecule has 1 amide bonds. The monoisotopic (exact) mass is 333 g/mol. The fraction of sp³-hybridized carbons (Fsp3) is 0.238. The van der Waals surface area contributed by atoms with E-state index in [0.717, 1.165) is 22.0 Å². The highest BCUT2D eigenvalue weighted by atomic mass is 16.2. The highest BCUT2D eigenvalue weighted by Gasteiger charge is 2.35. The number of nitrogens with zero attached hydrogens (tertiary/aromatic N) is 1. The molecular formula is C21H23N3O. The van der Waals surface area contributed by atoms with Gasteiger partial charge in [-0.15, -0.1) is 0 Å². The van der Waals surface area contributed by atoms with E-state index in [1.54, 1.807) is 6.20 Å². The highest BCUT2D eigenvalue weighted by Crippen LogP contribution is 2.25. The first kappa shape index (κ1) is 17.1. The van der Waals surface area contributed by atoms with Gasteiger partial charge in [0.1, 0.15) is 5.54 Å². The summed E-state index contributed by atoms with van der Waals surface area (Å²) < 4.78 is 0. The summed E-state index contributed by atoms with van der Waals surface area (Å²) in [5.41, 5.74) is 0.894. The van der Waals surface area contributed by atoms with Crippen LogP contribution in [0.3, 0.4) is 0 Å². The fourth-order valence-electron chi connectivity index (χ4n) is 3.05. The van der Waals surface area contributed by atoms with Crippen molar-refractivity contribution in [3.63, 3.8) is 0 Å². The maximum absolute atomic E-state index is 13.1. The number of carbonyl (C=O) groups excluding carboxylic acids is 1. The Balaban J connectivity index is 1.91. The highest BCUT2D eigenvalue weighted by molar-refractivity contribution is 6.00. The predicted octanol–water partition coefficient (Wildman–Crippen LogP) is 4.09. The largest absolute Gasteiger partial charge is 0.324 e. The Morgan fingerprint density at radius 2 is 1.80 bits per heavy atom. The van der Waals surface area contributed by atoms with Crippen LogP contribution in [-0.4, -0.2) is 16.9 Å². The molecule has 1 atom stereocenters. The van der Waals surface area contributed by atoms with Crippen LogP contribution < -0.4 is 10.6 Å². The molecule has 4 heteroatoms. The van der Waals surface area contributed by atoms with Crippen LogP contribution in [0.2, 0.25) is 0 Å². The van der Waals surface area contributed by atoms with Gasteiger partial charge < -0.3 is 5.32 Å². The van der Waals surface area contributed by atoms with Crippen LogP contribution in [-0.2, 0) is 10.3 Å². The first-order chi connectivity index (χ1) is 12.0. The van der Waals surface area contributed by atoms with Crippen molar-refractivity contribution in [2.75, 3.05) is 5.32 Å². The van der Waals surface area contributed by atoms with Gasteiger partial charge in [-0.05, 0) is 49.9 Å². The summed E-state index contributed by atoms with van der Waals surface area (Å²) in [4.78, 5) is 17.2. The van der Waals surface area contributed by atoms with Gasteiger partial charge in [0, 0.05) is 29.5 Å². The zero-order valence-corrected chi connectivity index (χ0v) is 14.8. The second-order valence-corrected chi connectivity index (χ2v) is 6.68. The third kappa shape index (κ3) is 3.69. The van der Waals surface area contributed by atoms with Crippen molar-refractivity contribution in [3.05, 3.63) is 72.6 Å². The minimum Gasteiger partial charge on any atom is -0.324 e. The molecule has 128 valence electrons. The van der Waals surface area contributed by atoms with Gasteiger partial charge in [0.05, 0.1) is 0 Å². The summed E-state index contributed by atoms with van der Waals surface area (Å²) >= 11 is 0. The van der Waals surface area contributed by atoms with E-state index in [2.05, 4.69) is 15.6 Å². The normalized spacial score (nSPS) is 13.6. The molecule has 0 saturated heterocycles. The average molecular weight is 333 g/mol. The molecule has 3 aromatic rings. The number of anilines is 1. The number of amides is 1. The number of benzene rings is 2. The van der Waals surface area contributed by atoms with Crippen molar-refractivity contribution < 1.29 is 4.79 Å². The van der Waals surface area contributed by atoms with Gasteiger partial charge in [0.25, 0.3) is 0 Å². The predicted molar refractivity (Wildman–Crippen MR) is 102 cm³/mol. The molecule has 0 aliphatic heterocycles. The minimum absolute atomic E-state index is 0.0826. The SMILES string of the molecule is CC(C)NC(C)(C(=O)Nc1ccc2cnccc2c1)c1ccccc1. The van der Waals surface area contributed by atoms with Crippen molar-refractivity contribution in [1.82, 2.24) is 10.3 Å². The van der Waals surface area contributed by atoms with Crippen LogP contribution in [0.4, 0.5) is 5.69 Å². The molecule has 25 heavy (non-hydrogen) atoms. The molecule has 2 N–H and O–H groups in total. The second kappa shape index (κ2) is 7.03. The molecule has 0 aliphatic carbocycles. The summed E-state index contributed by atoms with van der Waals surface area (Å²) in [6.07, 6.45) is 3.57. The van der Waals surface area contributed by atoms with E-state index >= 15 is 0 Å². The zero-order chi connectivity index (χ0) is 17.9. The Morgan fingerprint density at radius 1 is 1.04 bits per heavy atom. The molecule has 1 unspecified atom stereocenters. The molecule has 1 aromatic heterocycles. The first-order valence-corrected chi connectivity index (χ1v) is 8.47. The molecule has 0 fully saturated rings. The average Bonchev–Trinajstić information content (AvgIpc) is 2.61. The van der Waals surface area contributed by atoms with E-state index in [1.165, 1.54) is 0 Å². The van der Waals surface area contributed by atoms with Crippen molar-refractivity contribution in [3.8, 4) is 0 Å². The lowest BCUT2D eigenvalue weighted by Gasteiger charge is -2.32. The van der Waals surface area contributed by atoms with E-state index in [9.17, 15) is 4.79 Å². The Hall–Kier alpha value is -2.72. The third-order valence-electron chi connectivity index (χ3n) is 4.28.